The summed E-state index contributed by atoms with van der Waals surface area (Å²) in [6, 6.07) is -2.62. The Bertz CT molecular complexity index is 2030. The minimum absolute atomic E-state index is 0.0727. The van der Waals surface area contributed by atoms with E-state index in [1.165, 1.54) is 19.6 Å². The minimum atomic E-state index is -0.787. The summed E-state index contributed by atoms with van der Waals surface area (Å²) in [4.78, 5) is 124. The van der Waals surface area contributed by atoms with Crippen LogP contribution in [0.4, 0.5) is 22.6 Å². The number of piperazine rings is 4. The van der Waals surface area contributed by atoms with Gasteiger partial charge in [0.1, 0.15) is 37.3 Å². The predicted octanol–water partition coefficient (Wildman–Crippen LogP) is 0.342. The van der Waals surface area contributed by atoms with Crippen LogP contribution >= 0.6 is 11.8 Å². The molecule has 7 heterocycles. The number of anilines is 3. The van der Waals surface area contributed by atoms with Gasteiger partial charge in [0.05, 0.1) is 12.1 Å². The van der Waals surface area contributed by atoms with Crippen molar-refractivity contribution in [2.75, 3.05) is 120 Å². The van der Waals surface area contributed by atoms with Gasteiger partial charge in [-0.1, -0.05) is 47.0 Å². The van der Waals surface area contributed by atoms with Gasteiger partial charge in [-0.05, 0) is 76.3 Å². The summed E-state index contributed by atoms with van der Waals surface area (Å²) in [5, 5.41) is 9.89. The molecular weight excluding hydrogens is 969 g/mol. The first-order valence-electron chi connectivity index (χ1n) is 27.4. The van der Waals surface area contributed by atoms with Crippen molar-refractivity contribution in [3.63, 3.8) is 0 Å². The van der Waals surface area contributed by atoms with E-state index in [0.717, 1.165) is 25.0 Å². The van der Waals surface area contributed by atoms with E-state index < -0.39 is 24.2 Å². The highest BCUT2D eigenvalue weighted by molar-refractivity contribution is 8.00. The number of hydrogen-bond donors (Lipinski definition) is 5. The fourth-order valence-corrected chi connectivity index (χ4v) is 12.9. The maximum Gasteiger partial charge on any atom is 0.315 e. The van der Waals surface area contributed by atoms with Gasteiger partial charge in [-0.25, -0.2) is 4.79 Å². The number of amides is 8. The molecule has 0 aromatic carbocycles. The third kappa shape index (κ3) is 12.9. The van der Waals surface area contributed by atoms with Gasteiger partial charge in [-0.2, -0.15) is 26.7 Å². The summed E-state index contributed by atoms with van der Waals surface area (Å²) in [7, 11) is 3.34. The zero-order valence-electron chi connectivity index (χ0n) is 44.7. The molecule has 7 N–H and O–H groups in total. The number of aromatic nitrogens is 3. The lowest BCUT2D eigenvalue weighted by Gasteiger charge is -2.45. The molecule has 8 amide bonds. The summed E-state index contributed by atoms with van der Waals surface area (Å²) in [6.45, 7) is 12.2. The predicted molar refractivity (Wildman–Crippen MR) is 284 cm³/mol. The second-order valence-corrected chi connectivity index (χ2v) is 22.4. The van der Waals surface area contributed by atoms with Crippen LogP contribution in [0.3, 0.4) is 0 Å². The van der Waals surface area contributed by atoms with E-state index in [1.807, 2.05) is 49.3 Å². The number of hydrogen-bond acceptors (Lipinski definition) is 16. The molecule has 0 unspecified atom stereocenters. The zero-order valence-corrected chi connectivity index (χ0v) is 45.5. The van der Waals surface area contributed by atoms with E-state index >= 15 is 0 Å². The third-order valence-corrected chi connectivity index (χ3v) is 17.9. The number of thioether (sulfide) groups is 1. The van der Waals surface area contributed by atoms with Gasteiger partial charge in [0, 0.05) is 84.0 Å². The summed E-state index contributed by atoms with van der Waals surface area (Å²) in [6.07, 6.45) is 7.67. The highest BCUT2D eigenvalue weighted by Crippen LogP contribution is 2.33. The molecule has 412 valence electrons. The van der Waals surface area contributed by atoms with E-state index in [4.69, 9.17) is 26.4 Å². The Balaban J connectivity index is 1.05. The first kappa shape index (κ1) is 56.5. The molecule has 9 atom stereocenters. The number of unbranched alkanes of at least 4 members (excludes halogenated alkanes) is 3. The molecule has 6 fully saturated rings. The monoisotopic (exact) mass is 1050 g/mol. The molecular formula is C50H84N16O7S. The molecule has 6 aliphatic rings. The van der Waals surface area contributed by atoms with Gasteiger partial charge in [0.15, 0.2) is 0 Å². The highest BCUT2D eigenvalue weighted by Gasteiger charge is 2.47. The van der Waals surface area contributed by atoms with Crippen LogP contribution in [-0.4, -0.2) is 232 Å². The average molecular weight is 1050 g/mol. The maximum absolute atomic E-state index is 14.5. The van der Waals surface area contributed by atoms with Crippen LogP contribution in [0.15, 0.2) is 0 Å². The number of urea groups is 1. The van der Waals surface area contributed by atoms with Crippen molar-refractivity contribution in [2.24, 2.45) is 23.3 Å². The summed E-state index contributed by atoms with van der Waals surface area (Å²) < 4.78 is 0. The number of likely N-dealkylation sites (N-methyl/N-ethyl adjacent to an activating group) is 2. The highest BCUT2D eigenvalue weighted by atomic mass is 32.2. The van der Waals surface area contributed by atoms with E-state index in [-0.39, 0.29) is 78.5 Å². The van der Waals surface area contributed by atoms with Crippen LogP contribution in [0.5, 0.6) is 0 Å². The molecule has 6 saturated heterocycles. The molecule has 0 saturated carbocycles. The molecule has 74 heavy (non-hydrogen) atoms. The van der Waals surface area contributed by atoms with Crippen molar-refractivity contribution in [3.05, 3.63) is 0 Å². The number of nitrogens with zero attached hydrogens (tertiary/aromatic N) is 11. The maximum atomic E-state index is 14.5. The molecule has 0 bridgehead atoms. The quantitative estimate of drug-likeness (QED) is 0.0690. The van der Waals surface area contributed by atoms with Gasteiger partial charge >= 0.3 is 6.03 Å². The zero-order chi connectivity index (χ0) is 53.2. The number of nitrogens with one attached hydrogen (secondary N) is 3. The van der Waals surface area contributed by atoms with E-state index in [9.17, 15) is 33.6 Å². The molecule has 1 aromatic rings. The Kier molecular flexibility index (Phi) is 19.9. The Labute approximate surface area is 441 Å². The SMILES string of the molecule is CC[C@H](C)[C@H]1C(=O)N([C@@H](CCCCN)C(=O)N2CCN(c3nc(NCCCC[C@@H]4SC[C@@H]5NC(=O)N[C@@H]54)nc(N4CCN(C(=O)[C@H](CCCCN)N5CC(=O)N(C)[C@@H]([C@@H](C)CC)C5=O)CC4)n3)CC2)CC(=O)N1C. The minimum Gasteiger partial charge on any atom is -0.354 e. The van der Waals surface area contributed by atoms with Crippen molar-refractivity contribution >= 4 is 71.1 Å². The Morgan fingerprint density at radius 2 is 1.14 bits per heavy atom. The number of nitrogens with two attached hydrogens (primary N) is 2. The fraction of sp³-hybridized carbons (Fsp3) is 0.800. The Morgan fingerprint density at radius 1 is 0.662 bits per heavy atom. The number of rotatable bonds is 24. The van der Waals surface area contributed by atoms with Gasteiger partial charge < -0.3 is 66.6 Å². The largest absolute Gasteiger partial charge is 0.354 e. The molecule has 7 rings (SSSR count). The van der Waals surface area contributed by atoms with Crippen LogP contribution in [0.2, 0.25) is 0 Å². The molecule has 24 heteroatoms. The molecule has 1 aromatic heterocycles. The van der Waals surface area contributed by atoms with Crippen molar-refractivity contribution in [3.8, 4) is 0 Å². The van der Waals surface area contributed by atoms with Crippen LogP contribution in [0, 0.1) is 11.8 Å². The normalized spacial score (nSPS) is 25.3. The second-order valence-electron chi connectivity index (χ2n) is 21.1. The molecule has 0 radical (unpaired) electrons. The van der Waals surface area contributed by atoms with E-state index in [0.29, 0.717) is 146 Å². The lowest BCUT2D eigenvalue weighted by Crippen LogP contribution is -2.65. The Morgan fingerprint density at radius 3 is 1.58 bits per heavy atom. The lowest BCUT2D eigenvalue weighted by molar-refractivity contribution is -0.163. The number of fused-ring (bicyclic) bond motifs is 1. The van der Waals surface area contributed by atoms with Gasteiger partial charge in [0.25, 0.3) is 0 Å². The standard InChI is InChI=1S/C50H84N16O7S/c1-7-32(3)41-45(71)65(29-38(67)59(41)5)35(15-9-12-18-51)43(69)61-21-25-63(26-22-61)48-56-47(53-20-14-11-17-37-40-34(31-74-37)54-50(73)55-40)57-49(58-48)64-27-23-62(24-28-64)44(70)36(16-10-13-19-52)66-30-39(68)60(6)42(46(66)72)33(4)8-2/h32-37,40-42H,7-31,51-52H2,1-6H3,(H2,54,55,73)(H,53,56,57,58)/t32-,33-,34-,35-,36-,37-,40-,41-,42-/m0/s1. The fourth-order valence-electron chi connectivity index (χ4n) is 11.4. The van der Waals surface area contributed by atoms with Crippen LogP contribution in [0.25, 0.3) is 0 Å². The lowest BCUT2D eigenvalue weighted by atomic mass is 9.93. The smallest absolute Gasteiger partial charge is 0.315 e. The summed E-state index contributed by atoms with van der Waals surface area (Å²) in [5.74, 6) is 0.957. The number of carbonyl (C=O) groups excluding carboxylic acids is 7. The second kappa shape index (κ2) is 26.0. The van der Waals surface area contributed by atoms with Crippen LogP contribution in [0.1, 0.15) is 98.3 Å². The van der Waals surface area contributed by atoms with Crippen LogP contribution in [-0.2, 0) is 28.8 Å². The van der Waals surface area contributed by atoms with E-state index in [2.05, 4.69) is 16.0 Å². The third-order valence-electron chi connectivity index (χ3n) is 16.4. The first-order valence-corrected chi connectivity index (χ1v) is 28.4. The van der Waals surface area contributed by atoms with Crippen molar-refractivity contribution in [1.82, 2.24) is 55.0 Å². The number of carbonyl (C=O) groups is 7. The van der Waals surface area contributed by atoms with Crippen molar-refractivity contribution < 1.29 is 33.6 Å². The summed E-state index contributed by atoms with van der Waals surface area (Å²) in [5.41, 5.74) is 11.7. The van der Waals surface area contributed by atoms with Crippen LogP contribution < -0.4 is 37.2 Å². The van der Waals surface area contributed by atoms with Gasteiger partial charge in [0.2, 0.25) is 53.3 Å². The Hall–Kier alpha value is -5.23. The molecule has 0 spiro atoms. The first-order chi connectivity index (χ1) is 35.6. The molecule has 23 nitrogen and oxygen atoms in total. The molecule has 6 aliphatic heterocycles. The van der Waals surface area contributed by atoms with Gasteiger partial charge in [-0.3, -0.25) is 28.8 Å². The van der Waals surface area contributed by atoms with E-state index in [1.54, 1.807) is 23.9 Å². The topological polar surface area (TPSA) is 272 Å². The molecule has 0 aliphatic carbocycles. The van der Waals surface area contributed by atoms with Crippen molar-refractivity contribution in [2.45, 2.75) is 140 Å². The average Bonchev–Trinajstić information content (AvgIpc) is 3.97. The summed E-state index contributed by atoms with van der Waals surface area (Å²) >= 11 is 1.89. The van der Waals surface area contributed by atoms with Crippen molar-refractivity contribution in [1.29, 1.82) is 0 Å². The van der Waals surface area contributed by atoms with Gasteiger partial charge in [-0.15, -0.1) is 0 Å².